The molecule has 2 unspecified atom stereocenters. The number of aliphatic hydroxyl groups excluding tert-OH is 1. The van der Waals surface area contributed by atoms with Crippen LogP contribution in [0.25, 0.3) is 10.9 Å². The number of fused-ring (bicyclic) bond motifs is 1. The van der Waals surface area contributed by atoms with Crippen molar-refractivity contribution in [1.82, 2.24) is 4.57 Å². The molecule has 1 fully saturated rings. The molecule has 2 N–H and O–H groups in total. The summed E-state index contributed by atoms with van der Waals surface area (Å²) in [4.78, 5) is 25.1. The first-order chi connectivity index (χ1) is 14.8. The standard InChI is InChI=1S/C20H22F4N2O6/c1-9-5-25(6-10(2)16(9)27)15-12(21)4-11-14(18(15)31-3)26(8-20(22,23)24)7-13(17(11)28)32-19(29)30/h4,7,9-10,16,27H,5-6,8H2,1-3H3,(H,29,30). The number of ether oxygens (including phenoxy) is 2. The second-order valence-electron chi connectivity index (χ2n) is 7.92. The van der Waals surface area contributed by atoms with Gasteiger partial charge in [-0.05, 0) is 17.9 Å². The van der Waals surface area contributed by atoms with Gasteiger partial charge in [0.25, 0.3) is 0 Å². The number of benzene rings is 1. The third-order valence-corrected chi connectivity index (χ3v) is 5.46. The fraction of sp³-hybridized carbons (Fsp3) is 0.500. The van der Waals surface area contributed by atoms with Gasteiger partial charge in [-0.2, -0.15) is 13.2 Å². The summed E-state index contributed by atoms with van der Waals surface area (Å²) in [5, 5.41) is 18.5. The molecule has 0 aliphatic carbocycles. The van der Waals surface area contributed by atoms with Gasteiger partial charge >= 0.3 is 12.3 Å². The minimum atomic E-state index is -4.75. The summed E-state index contributed by atoms with van der Waals surface area (Å²) in [6.45, 7) is 2.32. The van der Waals surface area contributed by atoms with E-state index >= 15 is 4.39 Å². The molecule has 32 heavy (non-hydrogen) atoms. The molecule has 1 saturated heterocycles. The van der Waals surface area contributed by atoms with E-state index in [4.69, 9.17) is 9.84 Å². The molecule has 0 bridgehead atoms. The summed E-state index contributed by atoms with van der Waals surface area (Å²) in [5.74, 6) is -2.66. The second kappa shape index (κ2) is 8.49. The van der Waals surface area contributed by atoms with Crippen molar-refractivity contribution in [3.05, 3.63) is 28.3 Å². The van der Waals surface area contributed by atoms with Crippen molar-refractivity contribution in [2.75, 3.05) is 25.1 Å². The Hall–Kier alpha value is -3.02. The molecule has 1 aromatic heterocycles. The van der Waals surface area contributed by atoms with Crippen LogP contribution in [0, 0.1) is 17.7 Å². The van der Waals surface area contributed by atoms with Crippen molar-refractivity contribution < 1.29 is 42.0 Å². The van der Waals surface area contributed by atoms with Crippen LogP contribution >= 0.6 is 0 Å². The lowest BCUT2D eigenvalue weighted by Crippen LogP contribution is -2.47. The molecule has 2 atom stereocenters. The van der Waals surface area contributed by atoms with Gasteiger partial charge in [0.05, 0.1) is 30.3 Å². The summed E-state index contributed by atoms with van der Waals surface area (Å²) in [6, 6.07) is 0.747. The van der Waals surface area contributed by atoms with Crippen LogP contribution in [0.3, 0.4) is 0 Å². The first-order valence-corrected chi connectivity index (χ1v) is 9.68. The van der Waals surface area contributed by atoms with E-state index in [-0.39, 0.29) is 41.9 Å². The number of methoxy groups -OCH3 is 1. The molecule has 0 saturated carbocycles. The molecule has 0 radical (unpaired) electrons. The van der Waals surface area contributed by atoms with Gasteiger partial charge in [0, 0.05) is 13.1 Å². The van der Waals surface area contributed by atoms with Gasteiger partial charge in [-0.15, -0.1) is 0 Å². The lowest BCUT2D eigenvalue weighted by Gasteiger charge is -2.40. The number of alkyl halides is 3. The number of nitrogens with zero attached hydrogens (tertiary/aromatic N) is 2. The number of halogens is 4. The highest BCUT2D eigenvalue weighted by Crippen LogP contribution is 2.41. The molecule has 0 amide bonds. The monoisotopic (exact) mass is 462 g/mol. The maximum absolute atomic E-state index is 15.2. The van der Waals surface area contributed by atoms with Crippen LogP contribution < -0.4 is 19.8 Å². The topological polar surface area (TPSA) is 101 Å². The van der Waals surface area contributed by atoms with E-state index in [0.717, 1.165) is 13.2 Å². The van der Waals surface area contributed by atoms with Gasteiger partial charge in [-0.25, -0.2) is 9.18 Å². The SMILES string of the molecule is COc1c(N2CC(C)C(O)C(C)C2)c(F)cc2c(=O)c(OC(=O)O)cn(CC(F)(F)F)c12. The van der Waals surface area contributed by atoms with Crippen molar-refractivity contribution in [1.29, 1.82) is 0 Å². The number of piperidine rings is 1. The van der Waals surface area contributed by atoms with Crippen LogP contribution in [0.2, 0.25) is 0 Å². The number of aromatic nitrogens is 1. The number of hydrogen-bond acceptors (Lipinski definition) is 6. The number of anilines is 1. The molecule has 1 aliphatic rings. The number of hydrogen-bond donors (Lipinski definition) is 2. The molecule has 3 rings (SSSR count). The van der Waals surface area contributed by atoms with Crippen LogP contribution in [-0.4, -0.2) is 53.4 Å². The van der Waals surface area contributed by atoms with Crippen LogP contribution in [0.4, 0.5) is 28.0 Å². The summed E-state index contributed by atoms with van der Waals surface area (Å²) in [5.41, 5.74) is -1.59. The molecule has 0 spiro atoms. The second-order valence-corrected chi connectivity index (χ2v) is 7.92. The van der Waals surface area contributed by atoms with E-state index in [1.165, 1.54) is 0 Å². The molecule has 12 heteroatoms. The van der Waals surface area contributed by atoms with Gasteiger partial charge < -0.3 is 29.2 Å². The van der Waals surface area contributed by atoms with Crippen molar-refractivity contribution in [2.45, 2.75) is 32.7 Å². The Labute approximate surface area is 179 Å². The van der Waals surface area contributed by atoms with Crippen molar-refractivity contribution in [3.63, 3.8) is 0 Å². The average Bonchev–Trinajstić information content (AvgIpc) is 2.66. The quantitative estimate of drug-likeness (QED) is 0.532. The number of pyridine rings is 1. The zero-order chi connectivity index (χ0) is 24.0. The maximum Gasteiger partial charge on any atom is 0.511 e. The Morgan fingerprint density at radius 3 is 2.34 bits per heavy atom. The van der Waals surface area contributed by atoms with Gasteiger partial charge in [0.1, 0.15) is 12.2 Å². The van der Waals surface area contributed by atoms with E-state index < -0.39 is 47.4 Å². The maximum atomic E-state index is 15.2. The lowest BCUT2D eigenvalue weighted by molar-refractivity contribution is -0.140. The molecular weight excluding hydrogens is 440 g/mol. The molecule has 8 nitrogen and oxygen atoms in total. The largest absolute Gasteiger partial charge is 0.511 e. The van der Waals surface area contributed by atoms with Crippen molar-refractivity contribution in [2.24, 2.45) is 11.8 Å². The first kappa shape index (κ1) is 23.6. The van der Waals surface area contributed by atoms with E-state index in [1.807, 2.05) is 0 Å². The third-order valence-electron chi connectivity index (χ3n) is 5.46. The fourth-order valence-electron chi connectivity index (χ4n) is 4.16. The average molecular weight is 462 g/mol. The normalized spacial score (nSPS) is 21.6. The smallest absolute Gasteiger partial charge is 0.492 e. The zero-order valence-corrected chi connectivity index (χ0v) is 17.4. The van der Waals surface area contributed by atoms with E-state index in [1.54, 1.807) is 18.7 Å². The van der Waals surface area contributed by atoms with Crippen LogP contribution in [0.15, 0.2) is 17.1 Å². The Morgan fingerprint density at radius 2 is 1.84 bits per heavy atom. The predicted octanol–water partition coefficient (Wildman–Crippen LogP) is 3.22. The summed E-state index contributed by atoms with van der Waals surface area (Å²) < 4.78 is 65.2. The first-order valence-electron chi connectivity index (χ1n) is 9.68. The predicted molar refractivity (Wildman–Crippen MR) is 106 cm³/mol. The molecule has 1 aliphatic heterocycles. The van der Waals surface area contributed by atoms with Gasteiger partial charge in [0.2, 0.25) is 5.43 Å². The molecule has 176 valence electrons. The summed E-state index contributed by atoms with van der Waals surface area (Å²) in [7, 11) is 1.13. The zero-order valence-electron chi connectivity index (χ0n) is 17.4. The number of carboxylic acid groups (broad SMARTS) is 1. The molecule has 1 aromatic carbocycles. The van der Waals surface area contributed by atoms with Crippen LogP contribution in [0.1, 0.15) is 13.8 Å². The van der Waals surface area contributed by atoms with Gasteiger partial charge in [-0.3, -0.25) is 4.79 Å². The minimum absolute atomic E-state index is 0.146. The van der Waals surface area contributed by atoms with Crippen molar-refractivity contribution >= 4 is 22.7 Å². The van der Waals surface area contributed by atoms with Crippen LogP contribution in [0.5, 0.6) is 11.5 Å². The van der Waals surface area contributed by atoms with E-state index in [0.29, 0.717) is 10.8 Å². The Balaban J connectivity index is 2.33. The Bertz CT molecular complexity index is 1090. The number of carbonyl (C=O) groups is 1. The molecule has 2 aromatic rings. The fourth-order valence-corrected chi connectivity index (χ4v) is 4.16. The van der Waals surface area contributed by atoms with Crippen molar-refractivity contribution in [3.8, 4) is 11.5 Å². The number of rotatable bonds is 4. The van der Waals surface area contributed by atoms with Crippen LogP contribution in [-0.2, 0) is 6.54 Å². The summed E-state index contributed by atoms with van der Waals surface area (Å²) >= 11 is 0. The van der Waals surface area contributed by atoms with Gasteiger partial charge in [0.15, 0.2) is 17.3 Å². The highest BCUT2D eigenvalue weighted by atomic mass is 19.4. The highest BCUT2D eigenvalue weighted by molar-refractivity contribution is 5.92. The third kappa shape index (κ3) is 4.45. The highest BCUT2D eigenvalue weighted by Gasteiger charge is 2.35. The summed E-state index contributed by atoms with van der Waals surface area (Å²) in [6.07, 6.45) is -6.68. The number of aliphatic hydroxyl groups is 1. The lowest BCUT2D eigenvalue weighted by atomic mass is 9.88. The molecule has 2 heterocycles. The van der Waals surface area contributed by atoms with Gasteiger partial charge in [-0.1, -0.05) is 13.8 Å². The Morgan fingerprint density at radius 1 is 1.25 bits per heavy atom. The molecular formula is C20H22F4N2O6. The Kier molecular flexibility index (Phi) is 6.27. The minimum Gasteiger partial charge on any atom is -0.492 e. The van der Waals surface area contributed by atoms with E-state index in [2.05, 4.69) is 4.74 Å². The van der Waals surface area contributed by atoms with E-state index in [9.17, 15) is 27.9 Å².